The molecule has 96 valence electrons. The topological polar surface area (TPSA) is 44.5 Å². The Balaban J connectivity index is 3.22. The van der Waals surface area contributed by atoms with E-state index in [9.17, 15) is 0 Å². The number of hydrogen-bond acceptors (Lipinski definition) is 3. The summed E-state index contributed by atoms with van der Waals surface area (Å²) < 4.78 is 10.6. The molecule has 0 aliphatic heterocycles. The van der Waals surface area contributed by atoms with Crippen molar-refractivity contribution in [1.82, 2.24) is 0 Å². The summed E-state index contributed by atoms with van der Waals surface area (Å²) in [5.41, 5.74) is 7.22. The van der Waals surface area contributed by atoms with Gasteiger partial charge in [-0.25, -0.2) is 0 Å². The van der Waals surface area contributed by atoms with Crippen molar-refractivity contribution in [2.45, 2.75) is 32.1 Å². The fraction of sp³-hybridized carbons (Fsp3) is 0.571. The maximum Gasteiger partial charge on any atom is 0.161 e. The van der Waals surface area contributed by atoms with E-state index < -0.39 is 0 Å². The zero-order valence-electron chi connectivity index (χ0n) is 11.2. The van der Waals surface area contributed by atoms with Crippen molar-refractivity contribution in [2.24, 2.45) is 5.73 Å². The molecule has 2 N–H and O–H groups in total. The van der Waals surface area contributed by atoms with E-state index >= 15 is 0 Å². The number of rotatable bonds is 6. The Morgan fingerprint density at radius 1 is 1.06 bits per heavy atom. The van der Waals surface area contributed by atoms with Crippen LogP contribution in [0.4, 0.5) is 0 Å². The van der Waals surface area contributed by atoms with Crippen LogP contribution in [-0.2, 0) is 5.41 Å². The van der Waals surface area contributed by atoms with E-state index in [4.69, 9.17) is 15.2 Å². The van der Waals surface area contributed by atoms with Crippen LogP contribution in [0, 0.1) is 0 Å². The third kappa shape index (κ3) is 2.55. The van der Waals surface area contributed by atoms with E-state index in [1.54, 1.807) is 14.2 Å². The third-order valence-electron chi connectivity index (χ3n) is 3.74. The monoisotopic (exact) mass is 237 g/mol. The van der Waals surface area contributed by atoms with Crippen LogP contribution in [0.15, 0.2) is 18.2 Å². The third-order valence-corrected chi connectivity index (χ3v) is 3.74. The molecule has 0 bridgehead atoms. The summed E-state index contributed by atoms with van der Waals surface area (Å²) in [5, 5.41) is 0. The average Bonchev–Trinajstić information content (AvgIpc) is 2.41. The number of nitrogens with two attached hydrogens (primary N) is 1. The zero-order valence-corrected chi connectivity index (χ0v) is 11.2. The van der Waals surface area contributed by atoms with Crippen LogP contribution in [0.2, 0.25) is 0 Å². The van der Waals surface area contributed by atoms with Crippen LogP contribution >= 0.6 is 0 Å². The Bertz CT molecular complexity index is 351. The molecular formula is C14H23NO2. The lowest BCUT2D eigenvalue weighted by Crippen LogP contribution is -2.33. The minimum Gasteiger partial charge on any atom is -0.493 e. The Morgan fingerprint density at radius 3 is 2.06 bits per heavy atom. The summed E-state index contributed by atoms with van der Waals surface area (Å²) in [6, 6.07) is 6.07. The van der Waals surface area contributed by atoms with Crippen molar-refractivity contribution in [3.63, 3.8) is 0 Å². The summed E-state index contributed by atoms with van der Waals surface area (Å²) in [7, 11) is 3.30. The van der Waals surface area contributed by atoms with Crippen LogP contribution in [0.1, 0.15) is 32.3 Å². The summed E-state index contributed by atoms with van der Waals surface area (Å²) in [4.78, 5) is 0. The van der Waals surface area contributed by atoms with Crippen molar-refractivity contribution in [3.8, 4) is 11.5 Å². The minimum absolute atomic E-state index is 0.0412. The minimum atomic E-state index is 0.0412. The molecule has 0 saturated heterocycles. The van der Waals surface area contributed by atoms with Gasteiger partial charge in [0, 0.05) is 12.0 Å². The summed E-state index contributed by atoms with van der Waals surface area (Å²) in [6.07, 6.45) is 2.05. The molecule has 0 spiro atoms. The molecule has 0 aliphatic rings. The Labute approximate surface area is 104 Å². The van der Waals surface area contributed by atoms with E-state index in [2.05, 4.69) is 19.9 Å². The van der Waals surface area contributed by atoms with E-state index in [1.165, 1.54) is 5.56 Å². The molecule has 1 aromatic carbocycles. The van der Waals surface area contributed by atoms with Crippen molar-refractivity contribution in [1.29, 1.82) is 0 Å². The predicted octanol–water partition coefficient (Wildman–Crippen LogP) is 2.72. The summed E-state index contributed by atoms with van der Waals surface area (Å²) in [5.74, 6) is 1.53. The molecule has 0 radical (unpaired) electrons. The highest BCUT2D eigenvalue weighted by atomic mass is 16.5. The van der Waals surface area contributed by atoms with Crippen LogP contribution in [0.3, 0.4) is 0 Å². The highest BCUT2D eigenvalue weighted by Gasteiger charge is 2.27. The van der Waals surface area contributed by atoms with E-state index in [0.29, 0.717) is 6.54 Å². The number of methoxy groups -OCH3 is 2. The molecule has 17 heavy (non-hydrogen) atoms. The molecule has 0 atom stereocenters. The predicted molar refractivity (Wildman–Crippen MR) is 70.9 cm³/mol. The van der Waals surface area contributed by atoms with Crippen LogP contribution in [-0.4, -0.2) is 20.8 Å². The molecule has 0 aromatic heterocycles. The first-order valence-electron chi connectivity index (χ1n) is 6.10. The van der Waals surface area contributed by atoms with Gasteiger partial charge in [-0.2, -0.15) is 0 Å². The second kappa shape index (κ2) is 5.92. The molecule has 0 heterocycles. The Kier molecular flexibility index (Phi) is 4.82. The SMILES string of the molecule is CCC(CC)(CN)c1ccc(OC)c(OC)c1. The van der Waals surface area contributed by atoms with Crippen LogP contribution in [0.25, 0.3) is 0 Å². The highest BCUT2D eigenvalue weighted by Crippen LogP contribution is 2.36. The molecule has 3 nitrogen and oxygen atoms in total. The lowest BCUT2D eigenvalue weighted by atomic mass is 9.76. The van der Waals surface area contributed by atoms with Crippen molar-refractivity contribution in [2.75, 3.05) is 20.8 Å². The Hall–Kier alpha value is -1.22. The molecule has 0 fully saturated rings. The lowest BCUT2D eigenvalue weighted by molar-refractivity contribution is 0.350. The van der Waals surface area contributed by atoms with E-state index in [1.807, 2.05) is 12.1 Å². The number of ether oxygens (including phenoxy) is 2. The molecular weight excluding hydrogens is 214 g/mol. The van der Waals surface area contributed by atoms with Gasteiger partial charge in [0.2, 0.25) is 0 Å². The van der Waals surface area contributed by atoms with Gasteiger partial charge in [-0.05, 0) is 30.5 Å². The highest BCUT2D eigenvalue weighted by molar-refractivity contribution is 5.45. The summed E-state index contributed by atoms with van der Waals surface area (Å²) >= 11 is 0. The number of benzene rings is 1. The van der Waals surface area contributed by atoms with Crippen LogP contribution in [0.5, 0.6) is 11.5 Å². The number of hydrogen-bond donors (Lipinski definition) is 1. The van der Waals surface area contributed by atoms with Gasteiger partial charge in [0.1, 0.15) is 0 Å². The zero-order chi connectivity index (χ0) is 12.9. The molecule has 3 heteroatoms. The normalized spacial score (nSPS) is 11.4. The fourth-order valence-corrected chi connectivity index (χ4v) is 2.23. The summed E-state index contributed by atoms with van der Waals surface area (Å²) in [6.45, 7) is 5.00. The van der Waals surface area contributed by atoms with Gasteiger partial charge in [0.25, 0.3) is 0 Å². The maximum atomic E-state index is 5.95. The van der Waals surface area contributed by atoms with Gasteiger partial charge in [0.15, 0.2) is 11.5 Å². The van der Waals surface area contributed by atoms with E-state index in [-0.39, 0.29) is 5.41 Å². The van der Waals surface area contributed by atoms with Gasteiger partial charge in [0.05, 0.1) is 14.2 Å². The van der Waals surface area contributed by atoms with Gasteiger partial charge in [-0.1, -0.05) is 19.9 Å². The van der Waals surface area contributed by atoms with Crippen LogP contribution < -0.4 is 15.2 Å². The fourth-order valence-electron chi connectivity index (χ4n) is 2.23. The second-order valence-electron chi connectivity index (χ2n) is 4.26. The van der Waals surface area contributed by atoms with Crippen molar-refractivity contribution in [3.05, 3.63) is 23.8 Å². The molecule has 1 aromatic rings. The average molecular weight is 237 g/mol. The van der Waals surface area contributed by atoms with Gasteiger partial charge >= 0.3 is 0 Å². The largest absolute Gasteiger partial charge is 0.493 e. The molecule has 0 saturated carbocycles. The molecule has 1 rings (SSSR count). The van der Waals surface area contributed by atoms with Gasteiger partial charge in [-0.15, -0.1) is 0 Å². The Morgan fingerprint density at radius 2 is 1.65 bits per heavy atom. The molecule has 0 amide bonds. The molecule has 0 unspecified atom stereocenters. The maximum absolute atomic E-state index is 5.95. The second-order valence-corrected chi connectivity index (χ2v) is 4.26. The standard InChI is InChI=1S/C14H23NO2/c1-5-14(6-2,10-15)11-7-8-12(16-3)13(9-11)17-4/h7-9H,5-6,10,15H2,1-4H3. The van der Waals surface area contributed by atoms with Crippen molar-refractivity contribution < 1.29 is 9.47 Å². The van der Waals surface area contributed by atoms with E-state index in [0.717, 1.165) is 24.3 Å². The first-order chi connectivity index (χ1) is 8.17. The molecule has 0 aliphatic carbocycles. The quantitative estimate of drug-likeness (QED) is 0.827. The smallest absolute Gasteiger partial charge is 0.161 e. The first kappa shape index (κ1) is 13.8. The van der Waals surface area contributed by atoms with Crippen molar-refractivity contribution >= 4 is 0 Å². The van der Waals surface area contributed by atoms with Gasteiger partial charge in [-0.3, -0.25) is 0 Å². The van der Waals surface area contributed by atoms with Gasteiger partial charge < -0.3 is 15.2 Å². The first-order valence-corrected chi connectivity index (χ1v) is 6.10. The lowest BCUT2D eigenvalue weighted by Gasteiger charge is -2.31.